The van der Waals surface area contributed by atoms with E-state index in [0.29, 0.717) is 18.8 Å². The molecular formula is C22H33FN2O2. The first kappa shape index (κ1) is 19.2. The third-order valence-corrected chi connectivity index (χ3v) is 6.86. The maximum absolute atomic E-state index is 13.9. The van der Waals surface area contributed by atoms with Crippen LogP contribution in [0.4, 0.5) is 10.1 Å². The fourth-order valence-corrected chi connectivity index (χ4v) is 5.41. The Kier molecular flexibility index (Phi) is 6.31. The molecule has 0 spiro atoms. The van der Waals surface area contributed by atoms with Gasteiger partial charge in [0.2, 0.25) is 0 Å². The maximum Gasteiger partial charge on any atom is 0.146 e. The first-order chi connectivity index (χ1) is 13.2. The van der Waals surface area contributed by atoms with Crippen LogP contribution < -0.4 is 4.90 Å². The number of halogens is 1. The number of aliphatic hydroxyl groups is 1. The third-order valence-electron chi connectivity index (χ3n) is 6.86. The van der Waals surface area contributed by atoms with Crippen LogP contribution in [0.2, 0.25) is 0 Å². The predicted octanol–water partition coefficient (Wildman–Crippen LogP) is 3.15. The second-order valence-corrected chi connectivity index (χ2v) is 8.69. The Morgan fingerprint density at radius 1 is 1.11 bits per heavy atom. The quantitative estimate of drug-likeness (QED) is 0.707. The molecule has 3 aliphatic rings. The standard InChI is InChI=1S/C22H33FN2O2/c23-21-3-1-2-4-22(21)25-10-8-24(9-11-25)15-20(26)16-27-12-7-19-14-17-5-6-18(19)13-17/h1-4,17-20,26H,5-16H2/t17-,18-,19-,20-/m1/s1. The summed E-state index contributed by atoms with van der Waals surface area (Å²) in [4.78, 5) is 4.34. The second-order valence-electron chi connectivity index (χ2n) is 8.69. The number of para-hydroxylation sites is 1. The van der Waals surface area contributed by atoms with Gasteiger partial charge in [0.25, 0.3) is 0 Å². The van der Waals surface area contributed by atoms with E-state index in [4.69, 9.17) is 4.74 Å². The summed E-state index contributed by atoms with van der Waals surface area (Å²) < 4.78 is 19.7. The van der Waals surface area contributed by atoms with Gasteiger partial charge >= 0.3 is 0 Å². The van der Waals surface area contributed by atoms with Crippen molar-refractivity contribution in [3.8, 4) is 0 Å². The summed E-state index contributed by atoms with van der Waals surface area (Å²) in [5, 5.41) is 10.3. The first-order valence-electron chi connectivity index (χ1n) is 10.7. The fourth-order valence-electron chi connectivity index (χ4n) is 5.41. The van der Waals surface area contributed by atoms with Crippen LogP contribution in [-0.4, -0.2) is 62.0 Å². The Balaban J connectivity index is 1.11. The van der Waals surface area contributed by atoms with E-state index in [1.807, 2.05) is 12.1 Å². The molecule has 3 fully saturated rings. The highest BCUT2D eigenvalue weighted by atomic mass is 19.1. The Hall–Kier alpha value is -1.17. The molecule has 0 unspecified atom stereocenters. The van der Waals surface area contributed by atoms with E-state index < -0.39 is 6.10 Å². The SMILES string of the molecule is O[C@@H](COCC[C@@H]1C[C@@H]2CC[C@@H]1C2)CN1CCN(c2ccccc2F)CC1. The van der Waals surface area contributed by atoms with Gasteiger partial charge in [0.1, 0.15) is 5.82 Å². The average Bonchev–Trinajstić information content (AvgIpc) is 3.30. The van der Waals surface area contributed by atoms with Crippen LogP contribution in [0.3, 0.4) is 0 Å². The number of rotatable bonds is 8. The molecule has 0 aromatic heterocycles. The van der Waals surface area contributed by atoms with Crippen molar-refractivity contribution in [3.05, 3.63) is 30.1 Å². The predicted molar refractivity (Wildman–Crippen MR) is 105 cm³/mol. The van der Waals surface area contributed by atoms with Gasteiger partial charge in [0, 0.05) is 39.3 Å². The van der Waals surface area contributed by atoms with Gasteiger partial charge in [0.05, 0.1) is 18.4 Å². The normalized spacial score (nSPS) is 29.4. The number of anilines is 1. The largest absolute Gasteiger partial charge is 0.389 e. The minimum atomic E-state index is -0.440. The van der Waals surface area contributed by atoms with E-state index >= 15 is 0 Å². The minimum absolute atomic E-state index is 0.158. The molecule has 2 bridgehead atoms. The van der Waals surface area contributed by atoms with Crippen molar-refractivity contribution >= 4 is 5.69 Å². The zero-order valence-corrected chi connectivity index (χ0v) is 16.2. The van der Waals surface area contributed by atoms with Crippen LogP contribution in [0, 0.1) is 23.6 Å². The lowest BCUT2D eigenvalue weighted by atomic mass is 9.87. The van der Waals surface area contributed by atoms with Crippen molar-refractivity contribution in [3.63, 3.8) is 0 Å². The summed E-state index contributed by atoms with van der Waals surface area (Å²) in [6.45, 7) is 5.12. The van der Waals surface area contributed by atoms with Crippen molar-refractivity contribution in [2.24, 2.45) is 17.8 Å². The molecule has 1 aromatic carbocycles. The van der Waals surface area contributed by atoms with Crippen molar-refractivity contribution in [2.45, 2.75) is 38.2 Å². The highest BCUT2D eigenvalue weighted by molar-refractivity contribution is 5.47. The van der Waals surface area contributed by atoms with Crippen molar-refractivity contribution in [2.75, 3.05) is 50.8 Å². The summed E-state index contributed by atoms with van der Waals surface area (Å²) >= 11 is 0. The molecule has 1 aliphatic heterocycles. The van der Waals surface area contributed by atoms with Crippen LogP contribution >= 0.6 is 0 Å². The smallest absolute Gasteiger partial charge is 0.146 e. The molecule has 2 aliphatic carbocycles. The molecule has 1 heterocycles. The Morgan fingerprint density at radius 2 is 1.93 bits per heavy atom. The lowest BCUT2D eigenvalue weighted by Crippen LogP contribution is -2.49. The zero-order chi connectivity index (χ0) is 18.6. The molecule has 27 heavy (non-hydrogen) atoms. The summed E-state index contributed by atoms with van der Waals surface area (Å²) in [7, 11) is 0. The number of aliphatic hydroxyl groups excluding tert-OH is 1. The van der Waals surface area contributed by atoms with Gasteiger partial charge in [-0.3, -0.25) is 4.90 Å². The highest BCUT2D eigenvalue weighted by Crippen LogP contribution is 2.49. The van der Waals surface area contributed by atoms with E-state index in [1.165, 1.54) is 31.7 Å². The van der Waals surface area contributed by atoms with E-state index in [9.17, 15) is 9.50 Å². The van der Waals surface area contributed by atoms with E-state index in [2.05, 4.69) is 9.80 Å². The van der Waals surface area contributed by atoms with Crippen LogP contribution in [-0.2, 0) is 4.74 Å². The lowest BCUT2D eigenvalue weighted by Gasteiger charge is -2.37. The van der Waals surface area contributed by atoms with Gasteiger partial charge in [0.15, 0.2) is 0 Å². The van der Waals surface area contributed by atoms with Gasteiger partial charge in [-0.15, -0.1) is 0 Å². The number of hydrogen-bond acceptors (Lipinski definition) is 4. The topological polar surface area (TPSA) is 35.9 Å². The Labute approximate surface area is 162 Å². The van der Waals surface area contributed by atoms with E-state index in [-0.39, 0.29) is 5.82 Å². The summed E-state index contributed by atoms with van der Waals surface area (Å²) in [5.74, 6) is 2.66. The average molecular weight is 377 g/mol. The lowest BCUT2D eigenvalue weighted by molar-refractivity contribution is 0.0100. The van der Waals surface area contributed by atoms with Gasteiger partial charge < -0.3 is 14.7 Å². The molecule has 2 saturated carbocycles. The van der Waals surface area contributed by atoms with Crippen molar-refractivity contribution < 1.29 is 14.2 Å². The molecule has 5 heteroatoms. The first-order valence-corrected chi connectivity index (χ1v) is 10.7. The van der Waals surface area contributed by atoms with Gasteiger partial charge in [-0.05, 0) is 55.6 Å². The monoisotopic (exact) mass is 376 g/mol. The second kappa shape index (κ2) is 8.89. The van der Waals surface area contributed by atoms with E-state index in [1.54, 1.807) is 6.07 Å². The van der Waals surface area contributed by atoms with Crippen LogP contribution in [0.5, 0.6) is 0 Å². The molecular weight excluding hydrogens is 343 g/mol. The molecule has 4 atom stereocenters. The highest BCUT2D eigenvalue weighted by Gasteiger charge is 2.38. The van der Waals surface area contributed by atoms with E-state index in [0.717, 1.165) is 57.0 Å². The molecule has 1 N–H and O–H groups in total. The number of piperazine rings is 1. The van der Waals surface area contributed by atoms with Crippen molar-refractivity contribution in [1.82, 2.24) is 4.90 Å². The number of nitrogens with zero attached hydrogens (tertiary/aromatic N) is 2. The third kappa shape index (κ3) is 4.82. The fraction of sp³-hybridized carbons (Fsp3) is 0.727. The van der Waals surface area contributed by atoms with Crippen LogP contribution in [0.15, 0.2) is 24.3 Å². The Bertz CT molecular complexity index is 606. The summed E-state index contributed by atoms with van der Waals surface area (Å²) in [6.07, 6.45) is 6.46. The Morgan fingerprint density at radius 3 is 2.63 bits per heavy atom. The van der Waals surface area contributed by atoms with Crippen LogP contribution in [0.25, 0.3) is 0 Å². The number of fused-ring (bicyclic) bond motifs is 2. The molecule has 0 radical (unpaired) electrons. The molecule has 1 saturated heterocycles. The van der Waals surface area contributed by atoms with Crippen LogP contribution in [0.1, 0.15) is 32.1 Å². The molecule has 4 nitrogen and oxygen atoms in total. The number of β-amino-alcohol motifs (C(OH)–C–C–N with tert-alkyl or cyclic N) is 1. The van der Waals surface area contributed by atoms with Gasteiger partial charge in [-0.2, -0.15) is 0 Å². The summed E-state index contributed by atoms with van der Waals surface area (Å²) in [5.41, 5.74) is 0.682. The molecule has 4 rings (SSSR count). The zero-order valence-electron chi connectivity index (χ0n) is 16.2. The molecule has 0 amide bonds. The molecule has 1 aromatic rings. The number of benzene rings is 1. The van der Waals surface area contributed by atoms with Gasteiger partial charge in [-0.1, -0.05) is 18.6 Å². The maximum atomic E-state index is 13.9. The summed E-state index contributed by atoms with van der Waals surface area (Å²) in [6, 6.07) is 6.95. The molecule has 150 valence electrons. The van der Waals surface area contributed by atoms with Gasteiger partial charge in [-0.25, -0.2) is 4.39 Å². The number of ether oxygens (including phenoxy) is 1. The van der Waals surface area contributed by atoms with Crippen molar-refractivity contribution in [1.29, 1.82) is 0 Å². The minimum Gasteiger partial charge on any atom is -0.389 e. The number of hydrogen-bond donors (Lipinski definition) is 1.